The molecule has 0 spiro atoms. The molecule has 0 saturated carbocycles. The van der Waals surface area contributed by atoms with Crippen molar-refractivity contribution in [1.82, 2.24) is 5.32 Å². The van der Waals surface area contributed by atoms with E-state index in [0.29, 0.717) is 34.4 Å². The first kappa shape index (κ1) is 28.4. The Bertz CT molecular complexity index is 1560. The van der Waals surface area contributed by atoms with Gasteiger partial charge < -0.3 is 24.9 Å². The minimum atomic E-state index is -0.938. The number of hydrogen-bond donors (Lipinski definition) is 3. The van der Waals surface area contributed by atoms with Crippen molar-refractivity contribution >= 4 is 34.6 Å². The minimum absolute atomic E-state index is 0.266. The zero-order chi connectivity index (χ0) is 29.0. The highest BCUT2D eigenvalue weighted by molar-refractivity contribution is 6.09. The van der Waals surface area contributed by atoms with Crippen LogP contribution in [0.1, 0.15) is 67.1 Å². The molecule has 8 heteroatoms. The van der Waals surface area contributed by atoms with Crippen molar-refractivity contribution in [1.29, 1.82) is 0 Å². The fraction of sp³-hybridized carbons (Fsp3) is 0.281. The zero-order valence-corrected chi connectivity index (χ0v) is 23.3. The lowest BCUT2D eigenvalue weighted by Gasteiger charge is -2.19. The number of anilines is 1. The number of carboxylic acids is 1. The highest BCUT2D eigenvalue weighted by Gasteiger charge is 2.24. The van der Waals surface area contributed by atoms with Crippen molar-refractivity contribution in [3.8, 4) is 11.1 Å². The number of hydrogen-bond acceptors (Lipinski definition) is 5. The monoisotopic (exact) mass is 542 g/mol. The summed E-state index contributed by atoms with van der Waals surface area (Å²) in [5, 5.41) is 16.2. The van der Waals surface area contributed by atoms with Crippen LogP contribution in [0.15, 0.2) is 71.3 Å². The summed E-state index contributed by atoms with van der Waals surface area (Å²) in [6, 6.07) is 18.3. The van der Waals surface area contributed by atoms with E-state index in [-0.39, 0.29) is 12.5 Å². The lowest BCUT2D eigenvalue weighted by Crippen LogP contribution is -2.32. The van der Waals surface area contributed by atoms with Gasteiger partial charge in [-0.25, -0.2) is 4.79 Å². The van der Waals surface area contributed by atoms with Gasteiger partial charge >= 0.3 is 12.1 Å². The van der Waals surface area contributed by atoms with Gasteiger partial charge in [0.1, 0.15) is 11.2 Å². The van der Waals surface area contributed by atoms with E-state index >= 15 is 0 Å². The molecule has 1 aromatic heterocycles. The third-order valence-electron chi connectivity index (χ3n) is 6.51. The van der Waals surface area contributed by atoms with Gasteiger partial charge in [0.25, 0.3) is 5.91 Å². The molecule has 208 valence electrons. The van der Waals surface area contributed by atoms with Crippen LogP contribution >= 0.6 is 0 Å². The molecule has 0 fully saturated rings. The normalized spacial score (nSPS) is 12.1. The van der Waals surface area contributed by atoms with Crippen LogP contribution in [-0.4, -0.2) is 28.7 Å². The molecular weight excluding hydrogens is 508 g/mol. The highest BCUT2D eigenvalue weighted by Crippen LogP contribution is 2.34. The maximum Gasteiger partial charge on any atom is 0.407 e. The number of fused-ring (bicyclic) bond motifs is 1. The Hall–Kier alpha value is -4.59. The number of furan rings is 1. The van der Waals surface area contributed by atoms with E-state index in [1.165, 1.54) is 0 Å². The summed E-state index contributed by atoms with van der Waals surface area (Å²) in [6.07, 6.45) is 1.46. The van der Waals surface area contributed by atoms with Crippen molar-refractivity contribution in [2.75, 3.05) is 5.32 Å². The van der Waals surface area contributed by atoms with Crippen molar-refractivity contribution < 1.29 is 28.6 Å². The van der Waals surface area contributed by atoms with Gasteiger partial charge in [0.15, 0.2) is 0 Å². The Morgan fingerprint density at radius 2 is 1.77 bits per heavy atom. The molecule has 1 unspecified atom stereocenters. The quantitative estimate of drug-likeness (QED) is 0.216. The number of amides is 2. The van der Waals surface area contributed by atoms with E-state index < -0.39 is 23.6 Å². The van der Waals surface area contributed by atoms with Crippen LogP contribution in [0.4, 0.5) is 10.5 Å². The summed E-state index contributed by atoms with van der Waals surface area (Å²) < 4.78 is 11.1. The first-order valence-corrected chi connectivity index (χ1v) is 13.2. The molecule has 8 nitrogen and oxygen atoms in total. The molecule has 4 rings (SSSR count). The van der Waals surface area contributed by atoms with E-state index in [2.05, 4.69) is 10.6 Å². The largest absolute Gasteiger partial charge is 0.481 e. The molecule has 0 bridgehead atoms. The molecule has 0 aliphatic heterocycles. The SMILES string of the molecule is CCC(C(=O)O)c1cccc(C)c1NC(=O)c1cc(-c2cccc(CNC(=O)OC(C)(C)C)c2)c2occc2c1. The van der Waals surface area contributed by atoms with E-state index in [1.54, 1.807) is 57.4 Å². The summed E-state index contributed by atoms with van der Waals surface area (Å²) in [4.78, 5) is 37.6. The predicted octanol–water partition coefficient (Wildman–Crippen LogP) is 7.26. The fourth-order valence-electron chi connectivity index (χ4n) is 4.63. The lowest BCUT2D eigenvalue weighted by atomic mass is 9.92. The second-order valence-electron chi connectivity index (χ2n) is 10.7. The summed E-state index contributed by atoms with van der Waals surface area (Å²) in [5.41, 5.74) is 4.66. The zero-order valence-electron chi connectivity index (χ0n) is 23.3. The Morgan fingerprint density at radius 3 is 2.48 bits per heavy atom. The van der Waals surface area contributed by atoms with E-state index in [1.807, 2.05) is 44.2 Å². The number of carbonyl (C=O) groups excluding carboxylic acids is 2. The number of ether oxygens (including phenoxy) is 1. The predicted molar refractivity (Wildman–Crippen MR) is 155 cm³/mol. The number of nitrogens with one attached hydrogen (secondary N) is 2. The number of para-hydroxylation sites is 1. The first-order chi connectivity index (χ1) is 19.0. The minimum Gasteiger partial charge on any atom is -0.481 e. The standard InChI is InChI=1S/C32H34N2O6/c1-6-24(30(36)37)25-12-7-9-19(2)27(25)34-29(35)23-16-22-13-14-39-28(22)26(17-23)21-11-8-10-20(15-21)18-33-31(38)40-32(3,4)5/h7-17,24H,6,18H2,1-5H3,(H,33,38)(H,34,35)(H,36,37). The highest BCUT2D eigenvalue weighted by atomic mass is 16.6. The van der Waals surface area contributed by atoms with Gasteiger partial charge in [-0.3, -0.25) is 9.59 Å². The van der Waals surface area contributed by atoms with Crippen LogP contribution in [-0.2, 0) is 16.1 Å². The van der Waals surface area contributed by atoms with Crippen molar-refractivity contribution in [2.45, 2.75) is 59.1 Å². The average Bonchev–Trinajstić information content (AvgIpc) is 3.37. The molecule has 1 heterocycles. The van der Waals surface area contributed by atoms with Crippen molar-refractivity contribution in [3.63, 3.8) is 0 Å². The third-order valence-corrected chi connectivity index (χ3v) is 6.51. The molecule has 3 aromatic carbocycles. The summed E-state index contributed by atoms with van der Waals surface area (Å²) in [5.74, 6) is -2.03. The molecular formula is C32H34N2O6. The molecule has 4 aromatic rings. The number of benzene rings is 3. The van der Waals surface area contributed by atoms with Crippen molar-refractivity contribution in [3.05, 3.63) is 89.2 Å². The van der Waals surface area contributed by atoms with Gasteiger partial charge in [0, 0.05) is 28.7 Å². The fourth-order valence-corrected chi connectivity index (χ4v) is 4.63. The van der Waals surface area contributed by atoms with Crippen LogP contribution in [0.3, 0.4) is 0 Å². The Morgan fingerprint density at radius 1 is 1.02 bits per heavy atom. The van der Waals surface area contributed by atoms with Gasteiger partial charge in [-0.2, -0.15) is 0 Å². The van der Waals surface area contributed by atoms with E-state index in [4.69, 9.17) is 9.15 Å². The summed E-state index contributed by atoms with van der Waals surface area (Å²) >= 11 is 0. The van der Waals surface area contributed by atoms with Crippen LogP contribution in [0, 0.1) is 6.92 Å². The van der Waals surface area contributed by atoms with Gasteiger partial charge in [0.05, 0.1) is 12.2 Å². The van der Waals surface area contributed by atoms with Gasteiger partial charge in [-0.1, -0.05) is 43.3 Å². The average molecular weight is 543 g/mol. The number of aliphatic carboxylic acids is 1. The van der Waals surface area contributed by atoms with Crippen LogP contribution in [0.25, 0.3) is 22.1 Å². The Labute approximate surface area is 233 Å². The van der Waals surface area contributed by atoms with Gasteiger partial charge in [-0.05, 0) is 80.6 Å². The smallest absolute Gasteiger partial charge is 0.407 e. The Kier molecular flexibility index (Phi) is 8.28. The van der Waals surface area contributed by atoms with Crippen LogP contribution in [0.5, 0.6) is 0 Å². The second kappa shape index (κ2) is 11.7. The maximum absolute atomic E-state index is 13.6. The number of carbonyl (C=O) groups is 3. The summed E-state index contributed by atoms with van der Waals surface area (Å²) in [7, 11) is 0. The third kappa shape index (κ3) is 6.51. The van der Waals surface area contributed by atoms with Gasteiger partial charge in [-0.15, -0.1) is 0 Å². The molecule has 3 N–H and O–H groups in total. The molecule has 0 radical (unpaired) electrons. The molecule has 1 atom stereocenters. The van der Waals surface area contributed by atoms with E-state index in [9.17, 15) is 19.5 Å². The maximum atomic E-state index is 13.6. The first-order valence-electron chi connectivity index (χ1n) is 13.2. The molecule has 0 aliphatic carbocycles. The topological polar surface area (TPSA) is 118 Å². The number of alkyl carbamates (subject to hydrolysis) is 1. The van der Waals surface area contributed by atoms with Crippen LogP contribution in [0.2, 0.25) is 0 Å². The number of rotatable bonds is 8. The van der Waals surface area contributed by atoms with Crippen LogP contribution < -0.4 is 10.6 Å². The lowest BCUT2D eigenvalue weighted by molar-refractivity contribution is -0.138. The van der Waals surface area contributed by atoms with Gasteiger partial charge in [0.2, 0.25) is 0 Å². The molecule has 40 heavy (non-hydrogen) atoms. The number of carboxylic acid groups (broad SMARTS) is 1. The molecule has 0 aliphatic rings. The Balaban J connectivity index is 1.65. The van der Waals surface area contributed by atoms with E-state index in [0.717, 1.165) is 22.1 Å². The number of aryl methyl sites for hydroxylation is 1. The second-order valence-corrected chi connectivity index (χ2v) is 10.7. The molecule has 0 saturated heterocycles. The summed E-state index contributed by atoms with van der Waals surface area (Å²) in [6.45, 7) is 9.33. The molecule has 2 amide bonds. The van der Waals surface area contributed by atoms with Crippen molar-refractivity contribution in [2.24, 2.45) is 0 Å².